The summed E-state index contributed by atoms with van der Waals surface area (Å²) >= 11 is 10.6. The largest absolute Gasteiger partial charge is 0.507 e. The highest BCUT2D eigenvalue weighted by atomic mass is 35.5. The molecule has 0 spiro atoms. The Balaban J connectivity index is 3.04. The Morgan fingerprint density at radius 2 is 2.18 bits per heavy atom. The van der Waals surface area contributed by atoms with Crippen molar-refractivity contribution in [3.8, 4) is 5.75 Å². The number of nitrogens with zero attached hydrogens (tertiary/aromatic N) is 1. The van der Waals surface area contributed by atoms with E-state index in [-0.39, 0.29) is 22.2 Å². The molecule has 0 aromatic heterocycles. The zero-order valence-corrected chi connectivity index (χ0v) is 11.0. The van der Waals surface area contributed by atoms with Crippen molar-refractivity contribution in [1.29, 1.82) is 0 Å². The molecule has 0 aliphatic rings. The summed E-state index contributed by atoms with van der Waals surface area (Å²) in [5.41, 5.74) is 5.60. The van der Waals surface area contributed by atoms with Crippen molar-refractivity contribution in [2.24, 2.45) is 5.73 Å². The molecule has 3 N–H and O–H groups in total. The zero-order valence-electron chi connectivity index (χ0n) is 9.48. The van der Waals surface area contributed by atoms with Crippen molar-refractivity contribution in [3.05, 3.63) is 28.8 Å². The van der Waals surface area contributed by atoms with E-state index in [0.29, 0.717) is 5.02 Å². The van der Waals surface area contributed by atoms with Crippen LogP contribution in [0, 0.1) is 0 Å². The molecule has 1 rings (SSSR count). The minimum Gasteiger partial charge on any atom is -0.507 e. The van der Waals surface area contributed by atoms with Crippen molar-refractivity contribution in [2.45, 2.75) is 13.0 Å². The molecule has 6 heteroatoms. The quantitative estimate of drug-likeness (QED) is 0.824. The maximum Gasteiger partial charge on any atom is 0.257 e. The van der Waals surface area contributed by atoms with E-state index in [1.54, 1.807) is 14.0 Å². The Labute approximate surface area is 110 Å². The van der Waals surface area contributed by atoms with Crippen LogP contribution in [0.3, 0.4) is 0 Å². The standard InChI is InChI=1S/C11H13ClN2O2S/c1-6(10(13)17)14(2)11(16)8-5-7(12)3-4-9(8)15/h3-6,15H,1-2H3,(H2,13,17). The summed E-state index contributed by atoms with van der Waals surface area (Å²) in [5.74, 6) is -0.508. The highest BCUT2D eigenvalue weighted by Crippen LogP contribution is 2.23. The van der Waals surface area contributed by atoms with Crippen LogP contribution in [0.15, 0.2) is 18.2 Å². The van der Waals surface area contributed by atoms with Gasteiger partial charge in [-0.15, -0.1) is 0 Å². The number of nitrogens with two attached hydrogens (primary N) is 1. The first-order valence-corrected chi connectivity index (χ1v) is 5.68. The van der Waals surface area contributed by atoms with Gasteiger partial charge in [0, 0.05) is 12.1 Å². The molecule has 0 radical (unpaired) electrons. The van der Waals surface area contributed by atoms with Crippen LogP contribution < -0.4 is 5.73 Å². The molecule has 1 aromatic carbocycles. The van der Waals surface area contributed by atoms with Crippen molar-refractivity contribution in [2.75, 3.05) is 7.05 Å². The lowest BCUT2D eigenvalue weighted by atomic mass is 10.1. The first-order chi connectivity index (χ1) is 7.84. The van der Waals surface area contributed by atoms with Crippen molar-refractivity contribution in [3.63, 3.8) is 0 Å². The SMILES string of the molecule is CC(C(N)=S)N(C)C(=O)c1cc(Cl)ccc1O. The van der Waals surface area contributed by atoms with Gasteiger partial charge in [-0.05, 0) is 25.1 Å². The third-order valence-corrected chi connectivity index (χ3v) is 3.08. The highest BCUT2D eigenvalue weighted by molar-refractivity contribution is 7.80. The minimum absolute atomic E-state index is 0.124. The van der Waals surface area contributed by atoms with Crippen LogP contribution in [0.1, 0.15) is 17.3 Å². The Morgan fingerprint density at radius 3 is 2.71 bits per heavy atom. The number of halogens is 1. The van der Waals surface area contributed by atoms with Gasteiger partial charge < -0.3 is 15.7 Å². The molecular formula is C11H13ClN2O2S. The molecule has 0 saturated carbocycles. The molecule has 17 heavy (non-hydrogen) atoms. The normalized spacial score (nSPS) is 11.9. The second-order valence-electron chi connectivity index (χ2n) is 3.66. The summed E-state index contributed by atoms with van der Waals surface area (Å²) in [7, 11) is 1.56. The Bertz CT molecular complexity index is 465. The summed E-state index contributed by atoms with van der Waals surface area (Å²) in [6.07, 6.45) is 0. The lowest BCUT2D eigenvalue weighted by Crippen LogP contribution is -2.42. The van der Waals surface area contributed by atoms with Gasteiger partial charge in [0.15, 0.2) is 0 Å². The van der Waals surface area contributed by atoms with Crippen molar-refractivity contribution in [1.82, 2.24) is 4.90 Å². The van der Waals surface area contributed by atoms with E-state index >= 15 is 0 Å². The van der Waals surface area contributed by atoms with Crippen molar-refractivity contribution >= 4 is 34.7 Å². The number of rotatable bonds is 3. The summed E-state index contributed by atoms with van der Waals surface area (Å²) in [4.78, 5) is 13.6. The van der Waals surface area contributed by atoms with Gasteiger partial charge in [0.25, 0.3) is 5.91 Å². The molecule has 1 aromatic rings. The summed E-state index contributed by atoms with van der Waals surface area (Å²) < 4.78 is 0. The van der Waals surface area contributed by atoms with Crippen LogP contribution in [-0.4, -0.2) is 34.0 Å². The number of aromatic hydroxyl groups is 1. The number of carbonyl (C=O) groups is 1. The fourth-order valence-electron chi connectivity index (χ4n) is 1.24. The van der Waals surface area contributed by atoms with E-state index in [0.717, 1.165) is 0 Å². The molecule has 1 atom stereocenters. The molecule has 0 aliphatic carbocycles. The first-order valence-electron chi connectivity index (χ1n) is 4.89. The molecular weight excluding hydrogens is 260 g/mol. The monoisotopic (exact) mass is 272 g/mol. The zero-order chi connectivity index (χ0) is 13.2. The van der Waals surface area contributed by atoms with Crippen LogP contribution in [-0.2, 0) is 0 Å². The van der Waals surface area contributed by atoms with Gasteiger partial charge in [-0.1, -0.05) is 23.8 Å². The molecule has 0 saturated heterocycles. The van der Waals surface area contributed by atoms with Crippen molar-refractivity contribution < 1.29 is 9.90 Å². The molecule has 0 heterocycles. The van der Waals surface area contributed by atoms with Crippen LogP contribution in [0.25, 0.3) is 0 Å². The fraction of sp³-hybridized carbons (Fsp3) is 0.273. The molecule has 1 amide bonds. The predicted octanol–water partition coefficient (Wildman–Crippen LogP) is 1.79. The average Bonchev–Trinajstić information content (AvgIpc) is 2.29. The Hall–Kier alpha value is -1.33. The van der Waals surface area contributed by atoms with E-state index in [1.807, 2.05) is 0 Å². The van der Waals surface area contributed by atoms with E-state index in [2.05, 4.69) is 0 Å². The first kappa shape index (κ1) is 13.7. The van der Waals surface area contributed by atoms with Crippen LogP contribution in [0.4, 0.5) is 0 Å². The predicted molar refractivity (Wildman–Crippen MR) is 71.5 cm³/mol. The third-order valence-electron chi connectivity index (χ3n) is 2.50. The number of amides is 1. The molecule has 0 fully saturated rings. The van der Waals surface area contributed by atoms with E-state index in [9.17, 15) is 9.90 Å². The van der Waals surface area contributed by atoms with Gasteiger partial charge in [0.05, 0.1) is 16.6 Å². The fourth-order valence-corrected chi connectivity index (χ4v) is 1.57. The highest BCUT2D eigenvalue weighted by Gasteiger charge is 2.21. The van der Waals surface area contributed by atoms with Gasteiger partial charge in [0.2, 0.25) is 0 Å². The smallest absolute Gasteiger partial charge is 0.257 e. The lowest BCUT2D eigenvalue weighted by molar-refractivity contribution is 0.0776. The maximum absolute atomic E-state index is 12.1. The lowest BCUT2D eigenvalue weighted by Gasteiger charge is -2.24. The second-order valence-corrected chi connectivity index (χ2v) is 4.56. The molecule has 92 valence electrons. The number of phenols is 1. The number of carbonyl (C=O) groups excluding carboxylic acids is 1. The second kappa shape index (κ2) is 5.33. The number of hydrogen-bond donors (Lipinski definition) is 2. The van der Waals surface area contributed by atoms with Gasteiger partial charge in [-0.2, -0.15) is 0 Å². The minimum atomic E-state index is -0.393. The number of hydrogen-bond acceptors (Lipinski definition) is 3. The molecule has 1 unspecified atom stereocenters. The number of likely N-dealkylation sites (N-methyl/N-ethyl adjacent to an activating group) is 1. The van der Waals surface area contributed by atoms with Crippen LogP contribution in [0.2, 0.25) is 5.02 Å². The Morgan fingerprint density at radius 1 is 1.59 bits per heavy atom. The third kappa shape index (κ3) is 3.08. The number of benzene rings is 1. The molecule has 0 bridgehead atoms. The van der Waals surface area contributed by atoms with Crippen LogP contribution >= 0.6 is 23.8 Å². The van der Waals surface area contributed by atoms with E-state index in [1.165, 1.54) is 23.1 Å². The Kier molecular flexibility index (Phi) is 4.31. The van der Waals surface area contributed by atoms with E-state index in [4.69, 9.17) is 29.6 Å². The van der Waals surface area contributed by atoms with E-state index < -0.39 is 6.04 Å². The summed E-state index contributed by atoms with van der Waals surface area (Å²) in [5, 5.41) is 9.98. The van der Waals surface area contributed by atoms with Crippen LogP contribution in [0.5, 0.6) is 5.75 Å². The number of thiocarbonyl (C=S) groups is 1. The maximum atomic E-state index is 12.1. The number of phenolic OH excluding ortho intramolecular Hbond substituents is 1. The topological polar surface area (TPSA) is 66.6 Å². The van der Waals surface area contributed by atoms with Gasteiger partial charge in [-0.3, -0.25) is 4.79 Å². The molecule has 4 nitrogen and oxygen atoms in total. The average molecular weight is 273 g/mol. The summed E-state index contributed by atoms with van der Waals surface area (Å²) in [6, 6.07) is 3.89. The summed E-state index contributed by atoms with van der Waals surface area (Å²) in [6.45, 7) is 1.71. The van der Waals surface area contributed by atoms with Gasteiger partial charge in [-0.25, -0.2) is 0 Å². The van der Waals surface area contributed by atoms with Gasteiger partial charge in [0.1, 0.15) is 5.75 Å². The van der Waals surface area contributed by atoms with Gasteiger partial charge >= 0.3 is 0 Å². The molecule has 0 aliphatic heterocycles.